The molecule has 1 N–H and O–H groups in total. The van der Waals surface area contributed by atoms with Crippen molar-refractivity contribution in [3.8, 4) is 5.75 Å². The number of halogens is 4. The molecule has 31 heavy (non-hydrogen) atoms. The summed E-state index contributed by atoms with van der Waals surface area (Å²) in [6.45, 7) is 3.61. The predicted molar refractivity (Wildman–Crippen MR) is 107 cm³/mol. The molecule has 2 fully saturated rings. The summed E-state index contributed by atoms with van der Waals surface area (Å²) < 4.78 is 61.1. The third-order valence-electron chi connectivity index (χ3n) is 5.87. The molecule has 5 nitrogen and oxygen atoms in total. The second-order valence-corrected chi connectivity index (χ2v) is 8.38. The van der Waals surface area contributed by atoms with Crippen molar-refractivity contribution in [1.82, 2.24) is 4.98 Å². The Bertz CT molecular complexity index is 1010. The minimum absolute atomic E-state index is 0.0809. The molecule has 0 radical (unpaired) electrons. The first kappa shape index (κ1) is 21.4. The fourth-order valence-electron chi connectivity index (χ4n) is 4.72. The highest BCUT2D eigenvalue weighted by atomic mass is 19.3. The van der Waals surface area contributed by atoms with Gasteiger partial charge in [0.15, 0.2) is 11.6 Å². The van der Waals surface area contributed by atoms with E-state index in [-0.39, 0.29) is 43.9 Å². The van der Waals surface area contributed by atoms with Gasteiger partial charge in [0.2, 0.25) is 17.6 Å². The highest BCUT2D eigenvalue weighted by molar-refractivity contribution is 5.97. The fourth-order valence-corrected chi connectivity index (χ4v) is 4.72. The first-order valence-corrected chi connectivity index (χ1v) is 10.1. The molecule has 1 atom stereocenters. The average molecular weight is 437 g/mol. The van der Waals surface area contributed by atoms with Crippen LogP contribution in [0.1, 0.15) is 31.9 Å². The Hall–Kier alpha value is -2.84. The first-order chi connectivity index (χ1) is 14.6. The minimum atomic E-state index is -2.78. The van der Waals surface area contributed by atoms with Crippen molar-refractivity contribution in [3.63, 3.8) is 0 Å². The van der Waals surface area contributed by atoms with Gasteiger partial charge in [-0.25, -0.2) is 13.2 Å². The van der Waals surface area contributed by atoms with E-state index in [9.17, 15) is 22.4 Å². The van der Waals surface area contributed by atoms with Crippen LogP contribution in [0.4, 0.5) is 28.9 Å². The monoisotopic (exact) mass is 437 g/mol. The van der Waals surface area contributed by atoms with Gasteiger partial charge in [-0.2, -0.15) is 4.39 Å². The molecular weight excluding hydrogens is 414 g/mol. The number of benzene rings is 1. The van der Waals surface area contributed by atoms with Crippen LogP contribution in [0.2, 0.25) is 0 Å². The zero-order chi connectivity index (χ0) is 22.4. The molecule has 4 rings (SSSR count). The number of ether oxygens (including phenoxy) is 1. The number of nitrogens with zero attached hydrogens (tertiary/aromatic N) is 2. The summed E-state index contributed by atoms with van der Waals surface area (Å²) in [4.78, 5) is 18.8. The second kappa shape index (κ2) is 7.69. The second-order valence-electron chi connectivity index (χ2n) is 8.38. The first-order valence-electron chi connectivity index (χ1n) is 10.1. The number of anilines is 2. The maximum atomic E-state index is 14.5. The summed E-state index contributed by atoms with van der Waals surface area (Å²) in [5, 5.41) is 2.79. The van der Waals surface area contributed by atoms with Crippen LogP contribution < -0.4 is 15.0 Å². The third kappa shape index (κ3) is 4.05. The van der Waals surface area contributed by atoms with Crippen LogP contribution in [0, 0.1) is 24.0 Å². The standard InChI is InChI=1S/C22H23F4N3O2/c1-3-31-19-16(5-4-15(23)18(19)24)29-12-21(10-22(25,26)11-21)9-17(29)20(30)28-14-6-7-27-13(2)8-14/h4-8,17H,3,9-12H2,1-2H3,(H,27,28,30). The SMILES string of the molecule is CCOc1c(N2CC3(CC2C(=O)Nc2ccnc(C)c2)CC(F)(F)C3)ccc(F)c1F. The van der Waals surface area contributed by atoms with Gasteiger partial charge in [-0.15, -0.1) is 0 Å². The molecule has 2 aliphatic rings. The van der Waals surface area contributed by atoms with Gasteiger partial charge in [0.1, 0.15) is 6.04 Å². The lowest BCUT2D eigenvalue weighted by molar-refractivity contribution is -0.153. The van der Waals surface area contributed by atoms with E-state index in [0.717, 1.165) is 6.07 Å². The van der Waals surface area contributed by atoms with E-state index in [2.05, 4.69) is 10.3 Å². The Morgan fingerprint density at radius 2 is 2.03 bits per heavy atom. The highest BCUT2D eigenvalue weighted by Crippen LogP contribution is 2.59. The van der Waals surface area contributed by atoms with Crippen molar-refractivity contribution < 1.29 is 27.1 Å². The van der Waals surface area contributed by atoms with Gasteiger partial charge in [-0.1, -0.05) is 0 Å². The molecule has 1 unspecified atom stereocenters. The summed E-state index contributed by atoms with van der Waals surface area (Å²) in [6, 6.07) is 4.76. The Balaban J connectivity index is 1.68. The van der Waals surface area contributed by atoms with Crippen molar-refractivity contribution in [2.24, 2.45) is 5.41 Å². The van der Waals surface area contributed by atoms with Gasteiger partial charge >= 0.3 is 0 Å². The van der Waals surface area contributed by atoms with Crippen molar-refractivity contribution in [1.29, 1.82) is 0 Å². The largest absolute Gasteiger partial charge is 0.489 e. The Morgan fingerprint density at radius 3 is 2.68 bits per heavy atom. The molecule has 1 aromatic carbocycles. The zero-order valence-electron chi connectivity index (χ0n) is 17.2. The molecule has 1 spiro atoms. The molecular formula is C22H23F4N3O2. The molecule has 2 aromatic rings. The van der Waals surface area contributed by atoms with Gasteiger partial charge in [0.25, 0.3) is 0 Å². The molecule has 1 saturated heterocycles. The molecule has 1 aromatic heterocycles. The molecule has 1 amide bonds. The summed E-state index contributed by atoms with van der Waals surface area (Å²) in [5.74, 6) is -5.75. The predicted octanol–water partition coefficient (Wildman–Crippen LogP) is 4.70. The number of nitrogens with one attached hydrogen (secondary N) is 1. The van der Waals surface area contributed by atoms with Gasteiger partial charge in [0.05, 0.1) is 12.3 Å². The average Bonchev–Trinajstić information content (AvgIpc) is 3.04. The van der Waals surface area contributed by atoms with E-state index >= 15 is 0 Å². The summed E-state index contributed by atoms with van der Waals surface area (Å²) in [7, 11) is 0. The Labute approximate surface area is 177 Å². The van der Waals surface area contributed by atoms with Crippen molar-refractivity contribution in [2.75, 3.05) is 23.4 Å². The fraction of sp³-hybridized carbons (Fsp3) is 0.455. The van der Waals surface area contributed by atoms with Gasteiger partial charge in [0, 0.05) is 42.4 Å². The number of pyridine rings is 1. The van der Waals surface area contributed by atoms with Gasteiger partial charge < -0.3 is 15.0 Å². The van der Waals surface area contributed by atoms with Crippen LogP contribution in [0.3, 0.4) is 0 Å². The molecule has 166 valence electrons. The normalized spacial score (nSPS) is 21.1. The van der Waals surface area contributed by atoms with Crippen LogP contribution in [0.25, 0.3) is 0 Å². The molecule has 1 aliphatic carbocycles. The number of amides is 1. The lowest BCUT2D eigenvalue weighted by Gasteiger charge is -2.44. The number of hydrogen-bond acceptors (Lipinski definition) is 4. The van der Waals surface area contributed by atoms with E-state index < -0.39 is 34.9 Å². The van der Waals surface area contributed by atoms with Crippen molar-refractivity contribution in [3.05, 3.63) is 47.8 Å². The quantitative estimate of drug-likeness (QED) is 0.689. The Morgan fingerprint density at radius 1 is 1.29 bits per heavy atom. The number of aryl methyl sites for hydroxylation is 1. The molecule has 1 aliphatic heterocycles. The lowest BCUT2D eigenvalue weighted by Crippen LogP contribution is -2.47. The van der Waals surface area contributed by atoms with Crippen LogP contribution >= 0.6 is 0 Å². The van der Waals surface area contributed by atoms with E-state index in [1.54, 1.807) is 37.1 Å². The van der Waals surface area contributed by atoms with E-state index in [1.807, 2.05) is 0 Å². The number of aromatic nitrogens is 1. The number of carbonyl (C=O) groups excluding carboxylic acids is 1. The maximum absolute atomic E-state index is 14.5. The third-order valence-corrected chi connectivity index (χ3v) is 5.87. The van der Waals surface area contributed by atoms with Crippen LogP contribution in [-0.2, 0) is 4.79 Å². The zero-order valence-corrected chi connectivity index (χ0v) is 17.2. The molecule has 1 saturated carbocycles. The Kier molecular flexibility index (Phi) is 5.31. The molecule has 2 heterocycles. The van der Waals surface area contributed by atoms with Gasteiger partial charge in [-0.3, -0.25) is 9.78 Å². The molecule has 9 heteroatoms. The summed E-state index contributed by atoms with van der Waals surface area (Å²) >= 11 is 0. The van der Waals surface area contributed by atoms with Crippen LogP contribution in [-0.4, -0.2) is 36.0 Å². The van der Waals surface area contributed by atoms with E-state index in [0.29, 0.717) is 11.4 Å². The number of carbonyl (C=O) groups is 1. The smallest absolute Gasteiger partial charge is 0.249 e. The number of alkyl halides is 2. The highest BCUT2D eigenvalue weighted by Gasteiger charge is 2.62. The minimum Gasteiger partial charge on any atom is -0.489 e. The molecule has 0 bridgehead atoms. The van der Waals surface area contributed by atoms with Crippen molar-refractivity contribution in [2.45, 2.75) is 45.1 Å². The summed E-state index contributed by atoms with van der Waals surface area (Å²) in [5.41, 5.74) is 0.635. The summed E-state index contributed by atoms with van der Waals surface area (Å²) in [6.07, 6.45) is 1.04. The lowest BCUT2D eigenvalue weighted by atomic mass is 9.65. The van der Waals surface area contributed by atoms with Crippen molar-refractivity contribution >= 4 is 17.3 Å². The van der Waals surface area contributed by atoms with Gasteiger partial charge in [-0.05, 0) is 44.5 Å². The van der Waals surface area contributed by atoms with Crippen LogP contribution in [0.5, 0.6) is 5.75 Å². The van der Waals surface area contributed by atoms with E-state index in [4.69, 9.17) is 4.74 Å². The number of hydrogen-bond donors (Lipinski definition) is 1. The topological polar surface area (TPSA) is 54.5 Å². The number of rotatable bonds is 5. The maximum Gasteiger partial charge on any atom is 0.249 e. The van der Waals surface area contributed by atoms with E-state index in [1.165, 1.54) is 6.07 Å². The van der Waals surface area contributed by atoms with Crippen LogP contribution in [0.15, 0.2) is 30.5 Å².